The Labute approximate surface area is 179 Å². The zero-order valence-electron chi connectivity index (χ0n) is 17.7. The van der Waals surface area contributed by atoms with Crippen LogP contribution in [0, 0.1) is 5.92 Å². The Hall–Kier alpha value is -2.04. The summed E-state index contributed by atoms with van der Waals surface area (Å²) < 4.78 is 0. The van der Waals surface area contributed by atoms with Crippen molar-refractivity contribution in [3.8, 4) is 5.75 Å². The first-order valence-corrected chi connectivity index (χ1v) is 10.5. The van der Waals surface area contributed by atoms with Crippen molar-refractivity contribution in [1.29, 1.82) is 0 Å². The van der Waals surface area contributed by atoms with Crippen molar-refractivity contribution < 1.29 is 15.0 Å². The van der Waals surface area contributed by atoms with Gasteiger partial charge in [0.15, 0.2) is 0 Å². The number of nitrogens with zero attached hydrogens (tertiary/aromatic N) is 1. The molecule has 0 aromatic heterocycles. The monoisotopic (exact) mass is 417 g/mol. The van der Waals surface area contributed by atoms with Crippen molar-refractivity contribution in [3.63, 3.8) is 0 Å². The fourth-order valence-electron chi connectivity index (χ4n) is 4.19. The third-order valence-electron chi connectivity index (χ3n) is 5.76. The molecule has 1 aliphatic rings. The molecule has 2 aromatic carbocycles. The first kappa shape index (κ1) is 23.2. The maximum atomic E-state index is 10.3. The number of aromatic hydroxyl groups is 1. The van der Waals surface area contributed by atoms with E-state index in [1.54, 1.807) is 12.1 Å². The molecule has 0 saturated heterocycles. The van der Waals surface area contributed by atoms with E-state index in [4.69, 9.17) is 21.8 Å². The molecule has 29 heavy (non-hydrogen) atoms. The summed E-state index contributed by atoms with van der Waals surface area (Å²) in [7, 11) is 4.45. The minimum Gasteiger partial charge on any atom is -0.507 e. The van der Waals surface area contributed by atoms with Gasteiger partial charge in [0.1, 0.15) is 11.3 Å². The van der Waals surface area contributed by atoms with Crippen LogP contribution in [0.25, 0.3) is 0 Å². The van der Waals surface area contributed by atoms with E-state index in [1.165, 1.54) is 43.4 Å². The fourth-order valence-corrected chi connectivity index (χ4v) is 4.31. The number of aromatic carboxylic acids is 1. The van der Waals surface area contributed by atoms with Gasteiger partial charge in [-0.3, -0.25) is 0 Å². The predicted octanol–water partition coefficient (Wildman–Crippen LogP) is 5.83. The molecule has 1 atom stereocenters. The molecule has 1 fully saturated rings. The molecule has 5 heteroatoms. The summed E-state index contributed by atoms with van der Waals surface area (Å²) in [5.74, 6) is -0.578. The van der Waals surface area contributed by atoms with Crippen molar-refractivity contribution in [2.45, 2.75) is 51.0 Å². The number of hydrogen-bond donors (Lipinski definition) is 2. The SMILES string of the molecule is CC(C)CC(N(C)C)C1(c2ccc(Cl)cc2)CCC1.O=C(O)c1ccccc1O. The highest BCUT2D eigenvalue weighted by Crippen LogP contribution is 2.49. The lowest BCUT2D eigenvalue weighted by Gasteiger charge is -2.51. The molecular weight excluding hydrogens is 386 g/mol. The van der Waals surface area contributed by atoms with E-state index >= 15 is 0 Å². The van der Waals surface area contributed by atoms with Crippen LogP contribution in [-0.2, 0) is 5.41 Å². The Bertz CT molecular complexity index is 798. The summed E-state index contributed by atoms with van der Waals surface area (Å²) >= 11 is 6.04. The quantitative estimate of drug-likeness (QED) is 0.620. The van der Waals surface area contributed by atoms with E-state index in [1.807, 2.05) is 12.1 Å². The zero-order chi connectivity index (χ0) is 21.6. The number of rotatable bonds is 6. The number of hydrogen-bond acceptors (Lipinski definition) is 3. The summed E-state index contributed by atoms with van der Waals surface area (Å²) in [5.41, 5.74) is 1.75. The van der Waals surface area contributed by atoms with Crippen LogP contribution in [0.1, 0.15) is 55.5 Å². The average molecular weight is 418 g/mol. The number of halogens is 1. The van der Waals surface area contributed by atoms with E-state index in [2.05, 4.69) is 45.0 Å². The van der Waals surface area contributed by atoms with Crippen molar-refractivity contribution in [1.82, 2.24) is 4.90 Å². The molecule has 158 valence electrons. The lowest BCUT2D eigenvalue weighted by atomic mass is 9.58. The van der Waals surface area contributed by atoms with Gasteiger partial charge >= 0.3 is 5.97 Å². The highest BCUT2D eigenvalue weighted by Gasteiger charge is 2.46. The van der Waals surface area contributed by atoms with Gasteiger partial charge in [-0.25, -0.2) is 4.79 Å². The minimum absolute atomic E-state index is 0.0671. The van der Waals surface area contributed by atoms with Crippen LogP contribution in [0.3, 0.4) is 0 Å². The molecule has 0 heterocycles. The van der Waals surface area contributed by atoms with E-state index in [0.717, 1.165) is 10.9 Å². The van der Waals surface area contributed by atoms with Gasteiger partial charge in [-0.15, -0.1) is 0 Å². The number of phenols is 1. The molecule has 2 aromatic rings. The number of carboxylic acids is 1. The van der Waals surface area contributed by atoms with Gasteiger partial charge < -0.3 is 15.1 Å². The molecule has 4 nitrogen and oxygen atoms in total. The number of likely N-dealkylation sites (N-methyl/N-ethyl adjacent to an activating group) is 1. The highest BCUT2D eigenvalue weighted by molar-refractivity contribution is 6.30. The van der Waals surface area contributed by atoms with Crippen molar-refractivity contribution >= 4 is 17.6 Å². The Kier molecular flexibility index (Phi) is 8.12. The molecule has 0 spiro atoms. The van der Waals surface area contributed by atoms with E-state index in [0.29, 0.717) is 11.5 Å². The van der Waals surface area contributed by atoms with Crippen LogP contribution in [-0.4, -0.2) is 41.2 Å². The molecule has 2 N–H and O–H groups in total. The molecule has 1 aliphatic carbocycles. The van der Waals surface area contributed by atoms with Crippen molar-refractivity contribution in [3.05, 3.63) is 64.7 Å². The highest BCUT2D eigenvalue weighted by atomic mass is 35.5. The Morgan fingerprint density at radius 1 is 1.10 bits per heavy atom. The van der Waals surface area contributed by atoms with Crippen LogP contribution in [0.5, 0.6) is 5.75 Å². The molecule has 0 amide bonds. The van der Waals surface area contributed by atoms with E-state index in [-0.39, 0.29) is 11.3 Å². The maximum absolute atomic E-state index is 10.3. The number of benzene rings is 2. The first-order chi connectivity index (χ1) is 13.7. The molecule has 0 aliphatic heterocycles. The van der Waals surface area contributed by atoms with E-state index < -0.39 is 5.97 Å². The second kappa shape index (κ2) is 10.1. The summed E-state index contributed by atoms with van der Waals surface area (Å²) in [6, 6.07) is 15.0. The molecule has 1 unspecified atom stereocenters. The smallest absolute Gasteiger partial charge is 0.339 e. The molecular formula is C24H32ClNO3. The Balaban J connectivity index is 0.000000253. The normalized spacial score (nSPS) is 16.0. The molecule has 0 bridgehead atoms. The van der Waals surface area contributed by atoms with Crippen LogP contribution in [0.2, 0.25) is 5.02 Å². The summed E-state index contributed by atoms with van der Waals surface area (Å²) in [4.78, 5) is 12.7. The molecule has 0 radical (unpaired) electrons. The maximum Gasteiger partial charge on any atom is 0.339 e. The summed E-state index contributed by atoms with van der Waals surface area (Å²) in [5, 5.41) is 18.1. The molecule has 1 saturated carbocycles. The second-order valence-electron chi connectivity index (χ2n) is 8.45. The summed E-state index contributed by atoms with van der Waals surface area (Å²) in [6.45, 7) is 4.65. The van der Waals surface area contributed by atoms with E-state index in [9.17, 15) is 4.79 Å². The summed E-state index contributed by atoms with van der Waals surface area (Å²) in [6.07, 6.45) is 5.23. The van der Waals surface area contributed by atoms with Gasteiger partial charge in [0.05, 0.1) is 0 Å². The van der Waals surface area contributed by atoms with Crippen LogP contribution in [0.4, 0.5) is 0 Å². The van der Waals surface area contributed by atoms with Crippen LogP contribution >= 0.6 is 11.6 Å². The average Bonchev–Trinajstić information content (AvgIpc) is 2.62. The molecule has 3 rings (SSSR count). The van der Waals surface area contributed by atoms with Gasteiger partial charge in [0.25, 0.3) is 0 Å². The third-order valence-corrected chi connectivity index (χ3v) is 6.01. The predicted molar refractivity (Wildman–Crippen MR) is 119 cm³/mol. The minimum atomic E-state index is -1.11. The van der Waals surface area contributed by atoms with Gasteiger partial charge in [-0.2, -0.15) is 0 Å². The standard InChI is InChI=1S/C17H26ClN.C7H6O3/c1-13(2)12-16(19(3)4)17(10-5-11-17)14-6-8-15(18)9-7-14;8-6-4-2-1-3-5(6)7(9)10/h6-9,13,16H,5,10-12H2,1-4H3;1-4,8H,(H,9,10). The largest absolute Gasteiger partial charge is 0.507 e. The van der Waals surface area contributed by atoms with Gasteiger partial charge in [0.2, 0.25) is 0 Å². The van der Waals surface area contributed by atoms with Gasteiger partial charge in [0, 0.05) is 16.5 Å². The van der Waals surface area contributed by atoms with Crippen LogP contribution < -0.4 is 0 Å². The number of carboxylic acid groups (broad SMARTS) is 1. The topological polar surface area (TPSA) is 60.8 Å². The first-order valence-electron chi connectivity index (χ1n) is 10.1. The second-order valence-corrected chi connectivity index (χ2v) is 8.88. The lowest BCUT2D eigenvalue weighted by molar-refractivity contribution is 0.0693. The number of carbonyl (C=O) groups is 1. The van der Waals surface area contributed by atoms with Gasteiger partial charge in [-0.05, 0) is 69.1 Å². The van der Waals surface area contributed by atoms with Crippen molar-refractivity contribution in [2.75, 3.05) is 14.1 Å². The lowest BCUT2D eigenvalue weighted by Crippen LogP contribution is -2.52. The van der Waals surface area contributed by atoms with Crippen molar-refractivity contribution in [2.24, 2.45) is 5.92 Å². The third kappa shape index (κ3) is 5.74. The zero-order valence-corrected chi connectivity index (χ0v) is 18.5. The van der Waals surface area contributed by atoms with Crippen LogP contribution in [0.15, 0.2) is 48.5 Å². The fraction of sp³-hybridized carbons (Fsp3) is 0.458. The Morgan fingerprint density at radius 2 is 1.69 bits per heavy atom. The Morgan fingerprint density at radius 3 is 2.07 bits per heavy atom. The number of para-hydroxylation sites is 1. The van der Waals surface area contributed by atoms with Gasteiger partial charge in [-0.1, -0.05) is 56.1 Å².